The average Bonchev–Trinajstić information content (AvgIpc) is 2.34. The van der Waals surface area contributed by atoms with Crippen LogP contribution in [0, 0.1) is 0 Å². The second kappa shape index (κ2) is 4.37. The molecule has 3 N–H and O–H groups in total. The van der Waals surface area contributed by atoms with Crippen LogP contribution in [0.2, 0.25) is 0 Å². The molecule has 2 aromatic carbocycles. The standard InChI is InChI=1S/C14H14O3/c1-2-9-5-8-12(16)14(17)13(9)10-3-6-11(15)7-4-10/h3-8,15-17H,2H2,1H3. The summed E-state index contributed by atoms with van der Waals surface area (Å²) in [6.07, 6.45) is 0.754. The topological polar surface area (TPSA) is 60.7 Å². The van der Waals surface area contributed by atoms with Gasteiger partial charge in [0.05, 0.1) is 0 Å². The summed E-state index contributed by atoms with van der Waals surface area (Å²) < 4.78 is 0. The molecule has 0 saturated heterocycles. The van der Waals surface area contributed by atoms with Gasteiger partial charge >= 0.3 is 0 Å². The van der Waals surface area contributed by atoms with Crippen molar-refractivity contribution in [3.63, 3.8) is 0 Å². The van der Waals surface area contributed by atoms with E-state index in [1.807, 2.05) is 6.92 Å². The molecule has 0 unspecified atom stereocenters. The first kappa shape index (κ1) is 11.3. The van der Waals surface area contributed by atoms with Crippen molar-refractivity contribution in [2.24, 2.45) is 0 Å². The lowest BCUT2D eigenvalue weighted by Gasteiger charge is -2.11. The zero-order chi connectivity index (χ0) is 12.4. The number of hydrogen-bond acceptors (Lipinski definition) is 3. The highest BCUT2D eigenvalue weighted by atomic mass is 16.3. The Hall–Kier alpha value is -2.16. The molecule has 17 heavy (non-hydrogen) atoms. The predicted molar refractivity (Wildman–Crippen MR) is 66.3 cm³/mol. The predicted octanol–water partition coefficient (Wildman–Crippen LogP) is 3.03. The van der Waals surface area contributed by atoms with Gasteiger partial charge in [0.1, 0.15) is 5.75 Å². The second-order valence-corrected chi connectivity index (χ2v) is 3.87. The van der Waals surface area contributed by atoms with Gasteiger partial charge in [0.25, 0.3) is 0 Å². The molecule has 0 saturated carbocycles. The van der Waals surface area contributed by atoms with E-state index in [0.29, 0.717) is 5.56 Å². The lowest BCUT2D eigenvalue weighted by molar-refractivity contribution is 0.404. The molecule has 0 bridgehead atoms. The van der Waals surface area contributed by atoms with Gasteiger partial charge in [-0.05, 0) is 35.7 Å². The van der Waals surface area contributed by atoms with Crippen LogP contribution in [0.5, 0.6) is 17.2 Å². The highest BCUT2D eigenvalue weighted by molar-refractivity contribution is 5.76. The Bertz CT molecular complexity index is 530. The van der Waals surface area contributed by atoms with E-state index >= 15 is 0 Å². The van der Waals surface area contributed by atoms with E-state index in [1.165, 1.54) is 6.07 Å². The minimum absolute atomic E-state index is 0.116. The summed E-state index contributed by atoms with van der Waals surface area (Å²) in [7, 11) is 0. The quantitative estimate of drug-likeness (QED) is 0.695. The Morgan fingerprint density at radius 1 is 0.882 bits per heavy atom. The number of hydrogen-bond donors (Lipinski definition) is 3. The van der Waals surface area contributed by atoms with Gasteiger partial charge in [-0.1, -0.05) is 25.1 Å². The minimum Gasteiger partial charge on any atom is -0.508 e. The van der Waals surface area contributed by atoms with E-state index < -0.39 is 0 Å². The van der Waals surface area contributed by atoms with E-state index in [9.17, 15) is 15.3 Å². The normalized spacial score (nSPS) is 10.4. The molecular formula is C14H14O3. The Morgan fingerprint density at radius 2 is 1.53 bits per heavy atom. The van der Waals surface area contributed by atoms with Crippen LogP contribution in [-0.2, 0) is 6.42 Å². The number of benzene rings is 2. The Balaban J connectivity index is 2.64. The van der Waals surface area contributed by atoms with Crippen molar-refractivity contribution in [2.45, 2.75) is 13.3 Å². The molecule has 0 amide bonds. The molecule has 0 atom stereocenters. The number of rotatable bonds is 2. The van der Waals surface area contributed by atoms with Gasteiger partial charge < -0.3 is 15.3 Å². The van der Waals surface area contributed by atoms with Crippen molar-refractivity contribution in [1.82, 2.24) is 0 Å². The van der Waals surface area contributed by atoms with Crippen LogP contribution in [0.1, 0.15) is 12.5 Å². The maximum absolute atomic E-state index is 9.92. The smallest absolute Gasteiger partial charge is 0.165 e. The van der Waals surface area contributed by atoms with E-state index in [0.717, 1.165) is 17.5 Å². The van der Waals surface area contributed by atoms with Crippen LogP contribution in [0.15, 0.2) is 36.4 Å². The molecule has 0 fully saturated rings. The van der Waals surface area contributed by atoms with Gasteiger partial charge in [0.2, 0.25) is 0 Å². The van der Waals surface area contributed by atoms with Crippen LogP contribution in [0.25, 0.3) is 11.1 Å². The van der Waals surface area contributed by atoms with Gasteiger partial charge in [-0.15, -0.1) is 0 Å². The number of aromatic hydroxyl groups is 3. The van der Waals surface area contributed by atoms with Crippen molar-refractivity contribution in [3.05, 3.63) is 42.0 Å². The molecule has 0 radical (unpaired) electrons. The van der Waals surface area contributed by atoms with Crippen molar-refractivity contribution in [3.8, 4) is 28.4 Å². The van der Waals surface area contributed by atoms with E-state index in [4.69, 9.17) is 0 Å². The SMILES string of the molecule is CCc1ccc(O)c(O)c1-c1ccc(O)cc1. The third-order valence-corrected chi connectivity index (χ3v) is 2.78. The maximum Gasteiger partial charge on any atom is 0.165 e. The first-order valence-corrected chi connectivity index (χ1v) is 5.46. The fraction of sp³-hybridized carbons (Fsp3) is 0.143. The molecule has 3 nitrogen and oxygen atoms in total. The monoisotopic (exact) mass is 230 g/mol. The number of aryl methyl sites for hydroxylation is 1. The number of phenols is 3. The summed E-state index contributed by atoms with van der Waals surface area (Å²) in [4.78, 5) is 0. The molecule has 0 aliphatic rings. The van der Waals surface area contributed by atoms with E-state index in [1.54, 1.807) is 30.3 Å². The maximum atomic E-state index is 9.92. The summed E-state index contributed by atoms with van der Waals surface area (Å²) >= 11 is 0. The summed E-state index contributed by atoms with van der Waals surface area (Å²) in [5, 5.41) is 28.7. The van der Waals surface area contributed by atoms with Gasteiger partial charge in [-0.2, -0.15) is 0 Å². The van der Waals surface area contributed by atoms with Crippen molar-refractivity contribution < 1.29 is 15.3 Å². The molecule has 2 rings (SSSR count). The zero-order valence-electron chi connectivity index (χ0n) is 9.51. The first-order valence-electron chi connectivity index (χ1n) is 5.46. The van der Waals surface area contributed by atoms with Crippen molar-refractivity contribution in [1.29, 1.82) is 0 Å². The van der Waals surface area contributed by atoms with Crippen molar-refractivity contribution in [2.75, 3.05) is 0 Å². The van der Waals surface area contributed by atoms with Crippen LogP contribution in [-0.4, -0.2) is 15.3 Å². The lowest BCUT2D eigenvalue weighted by Crippen LogP contribution is -1.88. The van der Waals surface area contributed by atoms with E-state index in [2.05, 4.69) is 0 Å². The van der Waals surface area contributed by atoms with Crippen LogP contribution in [0.4, 0.5) is 0 Å². The molecule has 3 heteroatoms. The summed E-state index contributed by atoms with van der Waals surface area (Å²) in [5.74, 6) is -0.0771. The molecule has 0 aliphatic carbocycles. The number of phenolic OH excluding ortho intramolecular Hbond substituents is 3. The van der Waals surface area contributed by atoms with E-state index in [-0.39, 0.29) is 17.2 Å². The summed E-state index contributed by atoms with van der Waals surface area (Å²) in [5.41, 5.74) is 2.34. The fourth-order valence-electron chi connectivity index (χ4n) is 1.87. The third kappa shape index (κ3) is 2.04. The molecular weight excluding hydrogens is 216 g/mol. The molecule has 0 aliphatic heterocycles. The van der Waals surface area contributed by atoms with Crippen LogP contribution in [0.3, 0.4) is 0 Å². The Labute approximate surface area is 99.6 Å². The average molecular weight is 230 g/mol. The minimum atomic E-state index is -0.134. The highest BCUT2D eigenvalue weighted by Crippen LogP contribution is 2.39. The first-order chi connectivity index (χ1) is 8.13. The van der Waals surface area contributed by atoms with Gasteiger partial charge in [0, 0.05) is 5.56 Å². The second-order valence-electron chi connectivity index (χ2n) is 3.87. The van der Waals surface area contributed by atoms with Crippen LogP contribution >= 0.6 is 0 Å². The highest BCUT2D eigenvalue weighted by Gasteiger charge is 2.12. The van der Waals surface area contributed by atoms with Crippen molar-refractivity contribution >= 4 is 0 Å². The Kier molecular flexibility index (Phi) is 2.91. The molecule has 0 aromatic heterocycles. The third-order valence-electron chi connectivity index (χ3n) is 2.78. The summed E-state index contributed by atoms with van der Waals surface area (Å²) in [6.45, 7) is 1.98. The molecule has 0 spiro atoms. The largest absolute Gasteiger partial charge is 0.508 e. The van der Waals surface area contributed by atoms with Crippen LogP contribution < -0.4 is 0 Å². The molecule has 0 heterocycles. The Morgan fingerprint density at radius 3 is 2.12 bits per heavy atom. The lowest BCUT2D eigenvalue weighted by atomic mass is 9.96. The molecule has 2 aromatic rings. The zero-order valence-corrected chi connectivity index (χ0v) is 9.51. The van der Waals surface area contributed by atoms with Gasteiger partial charge in [-0.3, -0.25) is 0 Å². The fourth-order valence-corrected chi connectivity index (χ4v) is 1.87. The summed E-state index contributed by atoms with van der Waals surface area (Å²) in [6, 6.07) is 9.80. The van der Waals surface area contributed by atoms with Gasteiger partial charge in [-0.25, -0.2) is 0 Å². The molecule has 88 valence electrons. The van der Waals surface area contributed by atoms with Gasteiger partial charge in [0.15, 0.2) is 11.5 Å².